The Morgan fingerprint density at radius 3 is 1.90 bits per heavy atom. The third-order valence-corrected chi connectivity index (χ3v) is 10.6. The third-order valence-electron chi connectivity index (χ3n) is 6.05. The molecule has 6 heteroatoms. The van der Waals surface area contributed by atoms with Crippen LogP contribution >= 0.6 is 0 Å². The Balaban J connectivity index is 2.18. The largest absolute Gasteiger partial charge is 0.417 e. The Kier molecular flexibility index (Phi) is 9.12. The molecule has 0 aliphatic heterocycles. The first-order chi connectivity index (χ1) is 14.2. The average molecular weight is 425 g/mol. The zero-order valence-electron chi connectivity index (χ0n) is 19.1. The van der Waals surface area contributed by atoms with E-state index in [2.05, 4.69) is 97.3 Å². The molecule has 0 bridgehead atoms. The molecule has 0 unspecified atom stereocenters. The van der Waals surface area contributed by atoms with Crippen LogP contribution in [0.1, 0.15) is 38.3 Å². The first kappa shape index (κ1) is 24.2. The first-order valence-corrected chi connectivity index (χ1v) is 13.6. The molecular weight excluding hydrogens is 388 g/mol. The van der Waals surface area contributed by atoms with Gasteiger partial charge in [-0.15, -0.1) is 0 Å². The summed E-state index contributed by atoms with van der Waals surface area (Å²) in [7, 11) is -1.81. The molecule has 0 saturated carbocycles. The summed E-state index contributed by atoms with van der Waals surface area (Å²) in [4.78, 5) is 5.45. The quantitative estimate of drug-likeness (QED) is 0.173. The highest BCUT2D eigenvalue weighted by Gasteiger charge is 2.37. The van der Waals surface area contributed by atoms with Crippen molar-refractivity contribution < 1.29 is 4.43 Å². The van der Waals surface area contributed by atoms with Gasteiger partial charge in [-0.05, 0) is 41.2 Å². The second-order valence-electron chi connectivity index (χ2n) is 9.34. The van der Waals surface area contributed by atoms with Crippen molar-refractivity contribution in [3.8, 4) is 0 Å². The van der Waals surface area contributed by atoms with Gasteiger partial charge < -0.3 is 4.43 Å². The molecule has 0 heterocycles. The lowest BCUT2D eigenvalue weighted by molar-refractivity contribution is 0.148. The Hall–Kier alpha value is -2.11. The SMILES string of the molecule is CC(C)(C)[Si](C)(C)OCC[C@@H](CN=[N+]=[N-])N(Cc1ccccc1)Cc1ccccc1. The van der Waals surface area contributed by atoms with Crippen molar-refractivity contribution in [1.82, 2.24) is 4.90 Å². The molecule has 0 fully saturated rings. The van der Waals surface area contributed by atoms with E-state index in [1.54, 1.807) is 0 Å². The monoisotopic (exact) mass is 424 g/mol. The van der Waals surface area contributed by atoms with E-state index in [1.807, 2.05) is 12.1 Å². The van der Waals surface area contributed by atoms with E-state index in [9.17, 15) is 0 Å². The minimum Gasteiger partial charge on any atom is -0.417 e. The Bertz CT molecular complexity index is 757. The second kappa shape index (κ2) is 11.3. The standard InChI is InChI=1S/C24H36N4OSi/c1-24(2,3)30(4,5)29-17-16-23(18-26-27-25)28(19-21-12-8-6-9-13-21)20-22-14-10-7-11-15-22/h6-15,23H,16-20H2,1-5H3/t23-/m0/s1. The zero-order valence-corrected chi connectivity index (χ0v) is 20.1. The average Bonchev–Trinajstić information content (AvgIpc) is 2.71. The summed E-state index contributed by atoms with van der Waals surface area (Å²) in [6, 6.07) is 21.1. The van der Waals surface area contributed by atoms with E-state index in [0.717, 1.165) is 19.5 Å². The van der Waals surface area contributed by atoms with E-state index in [-0.39, 0.29) is 11.1 Å². The molecular formula is C24H36N4OSi. The van der Waals surface area contributed by atoms with E-state index in [0.29, 0.717) is 13.2 Å². The maximum Gasteiger partial charge on any atom is 0.191 e. The molecule has 0 aliphatic carbocycles. The molecule has 1 atom stereocenters. The molecule has 2 aromatic rings. The van der Waals surface area contributed by atoms with E-state index >= 15 is 0 Å². The smallest absolute Gasteiger partial charge is 0.191 e. The predicted octanol–water partition coefficient (Wildman–Crippen LogP) is 6.78. The Morgan fingerprint density at radius 1 is 0.967 bits per heavy atom. The molecule has 0 radical (unpaired) electrons. The molecule has 0 aromatic heterocycles. The van der Waals surface area contributed by atoms with Crippen LogP contribution in [0.3, 0.4) is 0 Å². The van der Waals surface area contributed by atoms with Gasteiger partial charge in [-0.2, -0.15) is 0 Å². The van der Waals surface area contributed by atoms with E-state index in [4.69, 9.17) is 9.96 Å². The van der Waals surface area contributed by atoms with E-state index < -0.39 is 8.32 Å². The lowest BCUT2D eigenvalue weighted by Crippen LogP contribution is -2.43. The molecule has 5 nitrogen and oxygen atoms in total. The highest BCUT2D eigenvalue weighted by Crippen LogP contribution is 2.36. The van der Waals surface area contributed by atoms with Gasteiger partial charge in [-0.3, -0.25) is 4.90 Å². The summed E-state index contributed by atoms with van der Waals surface area (Å²) in [6.45, 7) is 14.1. The number of hydrogen-bond acceptors (Lipinski definition) is 3. The molecule has 2 rings (SSSR count). The summed E-state index contributed by atoms with van der Waals surface area (Å²) in [5, 5.41) is 4.12. The van der Waals surface area contributed by atoms with Crippen LogP contribution in [-0.2, 0) is 17.5 Å². The van der Waals surface area contributed by atoms with Gasteiger partial charge in [0.25, 0.3) is 0 Å². The predicted molar refractivity (Wildman–Crippen MR) is 128 cm³/mol. The van der Waals surface area contributed by atoms with Crippen molar-refractivity contribution in [3.63, 3.8) is 0 Å². The number of benzene rings is 2. The van der Waals surface area contributed by atoms with Gasteiger partial charge >= 0.3 is 0 Å². The highest BCUT2D eigenvalue weighted by molar-refractivity contribution is 6.74. The summed E-state index contributed by atoms with van der Waals surface area (Å²) in [6.07, 6.45) is 0.838. The van der Waals surface area contributed by atoms with Crippen molar-refractivity contribution >= 4 is 8.32 Å². The van der Waals surface area contributed by atoms with Gasteiger partial charge in [0, 0.05) is 37.2 Å². The summed E-state index contributed by atoms with van der Waals surface area (Å²) in [5.41, 5.74) is 11.5. The highest BCUT2D eigenvalue weighted by atomic mass is 28.4. The van der Waals surface area contributed by atoms with Crippen molar-refractivity contribution in [1.29, 1.82) is 0 Å². The summed E-state index contributed by atoms with van der Waals surface area (Å²) < 4.78 is 6.43. The lowest BCUT2D eigenvalue weighted by Gasteiger charge is -2.37. The maximum absolute atomic E-state index is 8.95. The van der Waals surface area contributed by atoms with Crippen LogP contribution in [0.4, 0.5) is 0 Å². The first-order valence-electron chi connectivity index (χ1n) is 10.7. The fourth-order valence-electron chi connectivity index (χ4n) is 3.14. The Morgan fingerprint density at radius 2 is 1.47 bits per heavy atom. The van der Waals surface area contributed by atoms with Crippen LogP contribution in [0.5, 0.6) is 0 Å². The zero-order chi connectivity index (χ0) is 22.0. The van der Waals surface area contributed by atoms with Crippen LogP contribution in [0.25, 0.3) is 10.4 Å². The lowest BCUT2D eigenvalue weighted by atomic mass is 10.1. The molecule has 0 N–H and O–H groups in total. The normalized spacial score (nSPS) is 13.1. The number of nitrogens with zero attached hydrogens (tertiary/aromatic N) is 4. The fourth-order valence-corrected chi connectivity index (χ4v) is 4.20. The fraction of sp³-hybridized carbons (Fsp3) is 0.500. The van der Waals surface area contributed by atoms with Crippen molar-refractivity contribution in [2.24, 2.45) is 5.11 Å². The molecule has 0 aliphatic rings. The van der Waals surface area contributed by atoms with Gasteiger partial charge in [0.15, 0.2) is 8.32 Å². The molecule has 30 heavy (non-hydrogen) atoms. The van der Waals surface area contributed by atoms with Gasteiger partial charge in [0.05, 0.1) is 0 Å². The van der Waals surface area contributed by atoms with Crippen molar-refractivity contribution in [2.75, 3.05) is 13.2 Å². The summed E-state index contributed by atoms with van der Waals surface area (Å²) in [5.74, 6) is 0. The Labute approximate surface area is 182 Å². The topological polar surface area (TPSA) is 61.2 Å². The maximum atomic E-state index is 8.95. The van der Waals surface area contributed by atoms with Crippen LogP contribution in [0, 0.1) is 0 Å². The van der Waals surface area contributed by atoms with E-state index in [1.165, 1.54) is 11.1 Å². The molecule has 0 amide bonds. The van der Waals surface area contributed by atoms with Gasteiger partial charge in [-0.25, -0.2) is 0 Å². The van der Waals surface area contributed by atoms with Crippen LogP contribution in [0.2, 0.25) is 18.1 Å². The molecule has 2 aromatic carbocycles. The molecule has 0 saturated heterocycles. The molecule has 162 valence electrons. The van der Waals surface area contributed by atoms with Gasteiger partial charge in [0.1, 0.15) is 0 Å². The summed E-state index contributed by atoms with van der Waals surface area (Å²) >= 11 is 0. The van der Waals surface area contributed by atoms with Crippen molar-refractivity contribution in [2.45, 2.75) is 64.5 Å². The second-order valence-corrected chi connectivity index (χ2v) is 14.2. The van der Waals surface area contributed by atoms with Crippen LogP contribution < -0.4 is 0 Å². The minimum absolute atomic E-state index is 0.117. The van der Waals surface area contributed by atoms with Gasteiger partial charge in [-0.1, -0.05) is 86.5 Å². The number of rotatable bonds is 11. The van der Waals surface area contributed by atoms with Crippen LogP contribution in [-0.4, -0.2) is 32.4 Å². The van der Waals surface area contributed by atoms with Gasteiger partial charge in [0.2, 0.25) is 0 Å². The van der Waals surface area contributed by atoms with Crippen molar-refractivity contribution in [3.05, 3.63) is 82.2 Å². The molecule has 0 spiro atoms. The number of hydrogen-bond donors (Lipinski definition) is 0. The van der Waals surface area contributed by atoms with Crippen LogP contribution in [0.15, 0.2) is 65.8 Å². The third kappa shape index (κ3) is 7.61. The minimum atomic E-state index is -1.81. The number of azide groups is 1.